The van der Waals surface area contributed by atoms with Gasteiger partial charge < -0.3 is 10.6 Å². The Morgan fingerprint density at radius 1 is 1.24 bits per heavy atom. The Hall–Kier alpha value is -0.610. The molecule has 1 rings (SSSR count). The predicted octanol–water partition coefficient (Wildman–Crippen LogP) is 1.06. The molecule has 1 heterocycles. The fourth-order valence-electron chi connectivity index (χ4n) is 2.36. The van der Waals surface area contributed by atoms with Crippen molar-refractivity contribution in [1.29, 1.82) is 0 Å². The van der Waals surface area contributed by atoms with E-state index in [1.54, 1.807) is 0 Å². The van der Waals surface area contributed by atoms with Gasteiger partial charge in [-0.15, -0.1) is 0 Å². The number of carbonyl (C=O) groups is 1. The van der Waals surface area contributed by atoms with Crippen molar-refractivity contribution in [2.45, 2.75) is 51.6 Å². The number of hydrogen-bond donors (Lipinski definition) is 1. The van der Waals surface area contributed by atoms with Crippen LogP contribution in [0.2, 0.25) is 0 Å². The topological polar surface area (TPSA) is 49.6 Å². The summed E-state index contributed by atoms with van der Waals surface area (Å²) >= 11 is 0. The molecule has 0 bridgehead atoms. The first-order chi connectivity index (χ1) is 8.02. The van der Waals surface area contributed by atoms with Crippen LogP contribution in [-0.2, 0) is 4.79 Å². The van der Waals surface area contributed by atoms with Gasteiger partial charge in [0.25, 0.3) is 0 Å². The lowest BCUT2D eigenvalue weighted by atomic mass is 10.2. The predicted molar refractivity (Wildman–Crippen MR) is 70.8 cm³/mol. The van der Waals surface area contributed by atoms with Crippen LogP contribution in [0, 0.1) is 0 Å². The van der Waals surface area contributed by atoms with E-state index in [4.69, 9.17) is 5.73 Å². The third-order valence-corrected chi connectivity index (χ3v) is 3.51. The van der Waals surface area contributed by atoms with E-state index in [0.717, 1.165) is 32.5 Å². The molecular formula is C13H27N3O. The third kappa shape index (κ3) is 4.64. The molecule has 0 radical (unpaired) electrons. The summed E-state index contributed by atoms with van der Waals surface area (Å²) in [6.07, 6.45) is 4.81. The number of likely N-dealkylation sites (tertiary alicyclic amines) is 1. The lowest BCUT2D eigenvalue weighted by Gasteiger charge is -2.30. The number of carbonyl (C=O) groups excluding carboxylic acids is 1. The van der Waals surface area contributed by atoms with Crippen molar-refractivity contribution >= 4 is 5.91 Å². The fourth-order valence-corrected chi connectivity index (χ4v) is 2.36. The molecule has 1 aliphatic heterocycles. The number of hydrogen-bond acceptors (Lipinski definition) is 3. The molecule has 1 fully saturated rings. The molecule has 2 N–H and O–H groups in total. The molecule has 2 atom stereocenters. The van der Waals surface area contributed by atoms with E-state index in [1.165, 1.54) is 12.8 Å². The Morgan fingerprint density at radius 2 is 1.76 bits per heavy atom. The number of amides is 1. The monoisotopic (exact) mass is 241 g/mol. The Bertz CT molecular complexity index is 235. The minimum absolute atomic E-state index is 0.0564. The molecule has 100 valence electrons. The van der Waals surface area contributed by atoms with Gasteiger partial charge in [-0.25, -0.2) is 0 Å². The van der Waals surface area contributed by atoms with Gasteiger partial charge in [-0.05, 0) is 33.7 Å². The van der Waals surface area contributed by atoms with E-state index in [0.29, 0.717) is 0 Å². The van der Waals surface area contributed by atoms with E-state index in [2.05, 4.69) is 4.90 Å². The van der Waals surface area contributed by atoms with Crippen LogP contribution < -0.4 is 5.73 Å². The molecule has 17 heavy (non-hydrogen) atoms. The summed E-state index contributed by atoms with van der Waals surface area (Å²) in [4.78, 5) is 16.4. The molecule has 0 spiro atoms. The van der Waals surface area contributed by atoms with E-state index in [1.807, 2.05) is 25.8 Å². The van der Waals surface area contributed by atoms with Gasteiger partial charge in [-0.2, -0.15) is 0 Å². The first kappa shape index (κ1) is 14.5. The van der Waals surface area contributed by atoms with E-state index >= 15 is 0 Å². The molecule has 0 aromatic heterocycles. The van der Waals surface area contributed by atoms with Gasteiger partial charge in [0.2, 0.25) is 5.91 Å². The molecule has 0 aliphatic carbocycles. The molecule has 2 unspecified atom stereocenters. The van der Waals surface area contributed by atoms with Crippen LogP contribution in [-0.4, -0.2) is 54.5 Å². The Labute approximate surface area is 105 Å². The highest BCUT2D eigenvalue weighted by atomic mass is 16.2. The van der Waals surface area contributed by atoms with Crippen molar-refractivity contribution in [3.05, 3.63) is 0 Å². The second kappa shape index (κ2) is 6.97. The SMILES string of the molecule is CC(N)CN(C)C(C)C(=O)N1CCCCCC1. The molecule has 0 aromatic carbocycles. The van der Waals surface area contributed by atoms with Gasteiger partial charge in [-0.1, -0.05) is 12.8 Å². The smallest absolute Gasteiger partial charge is 0.239 e. The van der Waals surface area contributed by atoms with Crippen molar-refractivity contribution in [3.63, 3.8) is 0 Å². The summed E-state index contributed by atoms with van der Waals surface area (Å²) in [5.41, 5.74) is 5.77. The highest BCUT2D eigenvalue weighted by Crippen LogP contribution is 2.12. The molecular weight excluding hydrogens is 214 g/mol. The minimum atomic E-state index is -0.0564. The Morgan fingerprint density at radius 3 is 2.24 bits per heavy atom. The van der Waals surface area contributed by atoms with Crippen LogP contribution in [0.15, 0.2) is 0 Å². The van der Waals surface area contributed by atoms with Crippen LogP contribution in [0.3, 0.4) is 0 Å². The van der Waals surface area contributed by atoms with Crippen LogP contribution in [0.4, 0.5) is 0 Å². The number of nitrogens with two attached hydrogens (primary N) is 1. The highest BCUT2D eigenvalue weighted by molar-refractivity contribution is 5.81. The highest BCUT2D eigenvalue weighted by Gasteiger charge is 2.24. The van der Waals surface area contributed by atoms with E-state index in [9.17, 15) is 4.79 Å². The maximum Gasteiger partial charge on any atom is 0.239 e. The second-order valence-electron chi connectivity index (χ2n) is 5.33. The largest absolute Gasteiger partial charge is 0.341 e. The zero-order chi connectivity index (χ0) is 12.8. The van der Waals surface area contributed by atoms with Gasteiger partial charge in [-0.3, -0.25) is 9.69 Å². The van der Waals surface area contributed by atoms with E-state index < -0.39 is 0 Å². The quantitative estimate of drug-likeness (QED) is 0.800. The van der Waals surface area contributed by atoms with Crippen LogP contribution in [0.5, 0.6) is 0 Å². The van der Waals surface area contributed by atoms with Crippen molar-refractivity contribution in [3.8, 4) is 0 Å². The average molecular weight is 241 g/mol. The summed E-state index contributed by atoms with van der Waals surface area (Å²) in [6.45, 7) is 6.57. The average Bonchev–Trinajstić information content (AvgIpc) is 2.54. The molecule has 1 saturated heterocycles. The molecule has 4 nitrogen and oxygen atoms in total. The van der Waals surface area contributed by atoms with Gasteiger partial charge in [0.05, 0.1) is 6.04 Å². The lowest BCUT2D eigenvalue weighted by Crippen LogP contribution is -2.48. The van der Waals surface area contributed by atoms with Gasteiger partial charge in [0.1, 0.15) is 0 Å². The molecule has 1 aliphatic rings. The van der Waals surface area contributed by atoms with Crippen molar-refractivity contribution in [2.75, 3.05) is 26.7 Å². The van der Waals surface area contributed by atoms with E-state index in [-0.39, 0.29) is 18.0 Å². The third-order valence-electron chi connectivity index (χ3n) is 3.51. The van der Waals surface area contributed by atoms with Gasteiger partial charge >= 0.3 is 0 Å². The maximum absolute atomic E-state index is 12.3. The first-order valence-electron chi connectivity index (χ1n) is 6.77. The zero-order valence-corrected chi connectivity index (χ0v) is 11.5. The van der Waals surface area contributed by atoms with Crippen molar-refractivity contribution < 1.29 is 4.79 Å². The van der Waals surface area contributed by atoms with Crippen LogP contribution in [0.25, 0.3) is 0 Å². The first-order valence-corrected chi connectivity index (χ1v) is 6.77. The number of rotatable bonds is 4. The van der Waals surface area contributed by atoms with Crippen molar-refractivity contribution in [1.82, 2.24) is 9.80 Å². The Balaban J connectivity index is 2.49. The lowest BCUT2D eigenvalue weighted by molar-refractivity contribution is -0.135. The standard InChI is InChI=1S/C13H27N3O/c1-11(14)10-15(3)12(2)13(17)16-8-6-4-5-7-9-16/h11-12H,4-10,14H2,1-3H3. The normalized spacial score (nSPS) is 21.1. The summed E-state index contributed by atoms with van der Waals surface area (Å²) in [5, 5.41) is 0. The summed E-state index contributed by atoms with van der Waals surface area (Å²) in [6, 6.07) is 0.0542. The maximum atomic E-state index is 12.3. The summed E-state index contributed by atoms with van der Waals surface area (Å²) in [7, 11) is 1.98. The number of nitrogens with zero attached hydrogens (tertiary/aromatic N) is 2. The molecule has 4 heteroatoms. The summed E-state index contributed by atoms with van der Waals surface area (Å²) < 4.78 is 0. The van der Waals surface area contributed by atoms with Gasteiger partial charge in [0, 0.05) is 25.7 Å². The minimum Gasteiger partial charge on any atom is -0.341 e. The fraction of sp³-hybridized carbons (Fsp3) is 0.923. The number of likely N-dealkylation sites (N-methyl/N-ethyl adjacent to an activating group) is 1. The summed E-state index contributed by atoms with van der Waals surface area (Å²) in [5.74, 6) is 0.259. The zero-order valence-electron chi connectivity index (χ0n) is 11.5. The van der Waals surface area contributed by atoms with Gasteiger partial charge in [0.15, 0.2) is 0 Å². The molecule has 0 saturated carbocycles. The van der Waals surface area contributed by atoms with Crippen LogP contribution in [0.1, 0.15) is 39.5 Å². The molecule has 1 amide bonds. The Kier molecular flexibility index (Phi) is 5.92. The second-order valence-corrected chi connectivity index (χ2v) is 5.33. The van der Waals surface area contributed by atoms with Crippen LogP contribution >= 0.6 is 0 Å². The molecule has 0 aromatic rings. The van der Waals surface area contributed by atoms with Crippen molar-refractivity contribution in [2.24, 2.45) is 5.73 Å².